The molecule has 2 heterocycles. The first-order valence-electron chi connectivity index (χ1n) is 9.64. The molecule has 0 radical (unpaired) electrons. The van der Waals surface area contributed by atoms with Crippen molar-refractivity contribution in [1.82, 2.24) is 4.90 Å². The van der Waals surface area contributed by atoms with Crippen LogP contribution in [-0.2, 0) is 16.6 Å². The summed E-state index contributed by atoms with van der Waals surface area (Å²) in [5.74, 6) is -0.447. The van der Waals surface area contributed by atoms with E-state index in [2.05, 4.69) is 22.4 Å². The highest BCUT2D eigenvalue weighted by Crippen LogP contribution is 2.31. The fourth-order valence-corrected chi connectivity index (χ4v) is 6.23. The Morgan fingerprint density at radius 1 is 0.966 bits per heavy atom. The first-order chi connectivity index (χ1) is 14.0. The number of para-hydroxylation sites is 1. The topological polar surface area (TPSA) is 40.6 Å². The second-order valence-electron chi connectivity index (χ2n) is 7.18. The van der Waals surface area contributed by atoms with Crippen LogP contribution in [0.3, 0.4) is 0 Å². The summed E-state index contributed by atoms with van der Waals surface area (Å²) in [5.41, 5.74) is 0.647. The van der Waals surface area contributed by atoms with Gasteiger partial charge in [-0.3, -0.25) is 9.21 Å². The molecule has 1 aliphatic rings. The highest BCUT2D eigenvalue weighted by Gasteiger charge is 2.34. The van der Waals surface area contributed by atoms with Crippen LogP contribution in [-0.4, -0.2) is 32.4 Å². The van der Waals surface area contributed by atoms with Gasteiger partial charge in [-0.25, -0.2) is 12.8 Å². The molecule has 0 N–H and O–H groups in total. The van der Waals surface area contributed by atoms with Gasteiger partial charge >= 0.3 is 0 Å². The Morgan fingerprint density at radius 2 is 1.66 bits per heavy atom. The van der Waals surface area contributed by atoms with Crippen LogP contribution in [0.25, 0.3) is 0 Å². The molecule has 4 nitrogen and oxygen atoms in total. The minimum Gasteiger partial charge on any atom is -0.298 e. The third-order valence-electron chi connectivity index (χ3n) is 5.23. The van der Waals surface area contributed by atoms with Crippen molar-refractivity contribution < 1.29 is 12.8 Å². The van der Waals surface area contributed by atoms with Gasteiger partial charge in [0.05, 0.1) is 10.6 Å². The van der Waals surface area contributed by atoms with E-state index in [1.165, 1.54) is 33.4 Å². The van der Waals surface area contributed by atoms with Crippen molar-refractivity contribution in [2.75, 3.05) is 17.4 Å². The SMILES string of the molecule is O=S(=O)(c1ccc(F)cc1)N(c1ccccc1)C1CCN(Cc2cccs2)CC1. The average Bonchev–Trinajstić information content (AvgIpc) is 3.24. The van der Waals surface area contributed by atoms with E-state index in [1.54, 1.807) is 11.3 Å². The number of hydrogen-bond acceptors (Lipinski definition) is 4. The summed E-state index contributed by atoms with van der Waals surface area (Å²) >= 11 is 1.74. The molecule has 1 fully saturated rings. The van der Waals surface area contributed by atoms with E-state index in [9.17, 15) is 12.8 Å². The molecule has 7 heteroatoms. The lowest BCUT2D eigenvalue weighted by Crippen LogP contribution is -2.47. The number of thiophene rings is 1. The van der Waals surface area contributed by atoms with E-state index in [0.717, 1.165) is 32.5 Å². The maximum Gasteiger partial charge on any atom is 0.264 e. The monoisotopic (exact) mass is 430 g/mol. The Balaban J connectivity index is 1.58. The number of benzene rings is 2. The summed E-state index contributed by atoms with van der Waals surface area (Å²) in [5, 5.41) is 2.08. The van der Waals surface area contributed by atoms with Crippen molar-refractivity contribution >= 4 is 27.0 Å². The molecule has 29 heavy (non-hydrogen) atoms. The lowest BCUT2D eigenvalue weighted by atomic mass is 10.0. The van der Waals surface area contributed by atoms with E-state index < -0.39 is 15.8 Å². The number of hydrogen-bond donors (Lipinski definition) is 0. The van der Waals surface area contributed by atoms with Crippen LogP contribution in [0.5, 0.6) is 0 Å². The molecular weight excluding hydrogens is 407 g/mol. The fraction of sp³-hybridized carbons (Fsp3) is 0.273. The zero-order chi connectivity index (χ0) is 20.3. The van der Waals surface area contributed by atoms with E-state index in [0.29, 0.717) is 5.69 Å². The normalized spacial score (nSPS) is 16.0. The smallest absolute Gasteiger partial charge is 0.264 e. The Labute approximate surface area is 175 Å². The van der Waals surface area contributed by atoms with Gasteiger partial charge in [0.1, 0.15) is 5.82 Å². The van der Waals surface area contributed by atoms with Crippen molar-refractivity contribution in [1.29, 1.82) is 0 Å². The quantitative estimate of drug-likeness (QED) is 0.567. The van der Waals surface area contributed by atoms with E-state index in [-0.39, 0.29) is 10.9 Å². The minimum atomic E-state index is -3.79. The molecule has 0 aliphatic carbocycles. The summed E-state index contributed by atoms with van der Waals surface area (Å²) in [6.45, 7) is 2.58. The van der Waals surface area contributed by atoms with Crippen LogP contribution in [0.15, 0.2) is 77.0 Å². The molecule has 0 unspecified atom stereocenters. The van der Waals surface area contributed by atoms with Crippen molar-refractivity contribution in [3.05, 3.63) is 82.8 Å². The summed E-state index contributed by atoms with van der Waals surface area (Å²) in [7, 11) is -3.79. The van der Waals surface area contributed by atoms with Gasteiger partial charge in [0.2, 0.25) is 0 Å². The van der Waals surface area contributed by atoms with Gasteiger partial charge < -0.3 is 0 Å². The number of piperidine rings is 1. The largest absolute Gasteiger partial charge is 0.298 e. The summed E-state index contributed by atoms with van der Waals surface area (Å²) in [6.07, 6.45) is 1.50. The maximum atomic E-state index is 13.5. The number of sulfonamides is 1. The van der Waals surface area contributed by atoms with Crippen LogP contribution in [0.1, 0.15) is 17.7 Å². The van der Waals surface area contributed by atoms with Crippen LogP contribution >= 0.6 is 11.3 Å². The lowest BCUT2D eigenvalue weighted by Gasteiger charge is -2.38. The van der Waals surface area contributed by atoms with Gasteiger partial charge in [-0.15, -0.1) is 11.3 Å². The van der Waals surface area contributed by atoms with Crippen LogP contribution in [0.2, 0.25) is 0 Å². The first-order valence-corrected chi connectivity index (χ1v) is 12.0. The number of rotatable bonds is 6. The Bertz CT molecular complexity index is 1010. The number of likely N-dealkylation sites (tertiary alicyclic amines) is 1. The molecule has 3 aromatic rings. The molecule has 1 saturated heterocycles. The summed E-state index contributed by atoms with van der Waals surface area (Å²) in [6, 6.07) is 18.3. The highest BCUT2D eigenvalue weighted by atomic mass is 32.2. The van der Waals surface area contributed by atoms with E-state index in [1.807, 2.05) is 30.3 Å². The zero-order valence-electron chi connectivity index (χ0n) is 15.9. The van der Waals surface area contributed by atoms with E-state index in [4.69, 9.17) is 0 Å². The van der Waals surface area contributed by atoms with E-state index >= 15 is 0 Å². The standard InChI is InChI=1S/C22H23FN2O2S2/c23-18-8-10-22(11-9-18)29(26,27)25(19-5-2-1-3-6-19)20-12-14-24(15-13-20)17-21-7-4-16-28-21/h1-11,16,20H,12-15,17H2. The maximum absolute atomic E-state index is 13.5. The van der Waals surface area contributed by atoms with Gasteiger partial charge in [-0.1, -0.05) is 24.3 Å². The Morgan fingerprint density at radius 3 is 2.28 bits per heavy atom. The molecule has 0 bridgehead atoms. The molecule has 0 spiro atoms. The number of anilines is 1. The number of nitrogens with zero attached hydrogens (tertiary/aromatic N) is 2. The summed E-state index contributed by atoms with van der Waals surface area (Å²) in [4.78, 5) is 3.81. The Kier molecular flexibility index (Phi) is 5.99. The van der Waals surface area contributed by atoms with Crippen molar-refractivity contribution in [2.24, 2.45) is 0 Å². The summed E-state index contributed by atoms with van der Waals surface area (Å²) < 4.78 is 41.8. The second-order valence-corrected chi connectivity index (χ2v) is 10.0. The average molecular weight is 431 g/mol. The van der Waals surface area contributed by atoms with Gasteiger partial charge in [0, 0.05) is 30.6 Å². The second kappa shape index (κ2) is 8.65. The molecule has 1 aromatic heterocycles. The molecule has 152 valence electrons. The predicted molar refractivity (Wildman–Crippen MR) is 115 cm³/mol. The minimum absolute atomic E-state index is 0.115. The molecule has 4 rings (SSSR count). The molecule has 1 aliphatic heterocycles. The van der Waals surface area contributed by atoms with Crippen LogP contribution < -0.4 is 4.31 Å². The predicted octanol–water partition coefficient (Wildman–Crippen LogP) is 4.75. The van der Waals surface area contributed by atoms with Crippen LogP contribution in [0.4, 0.5) is 10.1 Å². The number of halogens is 1. The first kappa shape index (κ1) is 20.1. The van der Waals surface area contributed by atoms with Crippen LogP contribution in [0, 0.1) is 5.82 Å². The van der Waals surface area contributed by atoms with Gasteiger partial charge in [0.15, 0.2) is 0 Å². The third kappa shape index (κ3) is 4.52. The van der Waals surface area contributed by atoms with Crippen molar-refractivity contribution in [3.63, 3.8) is 0 Å². The van der Waals surface area contributed by atoms with Gasteiger partial charge in [-0.2, -0.15) is 0 Å². The zero-order valence-corrected chi connectivity index (χ0v) is 17.6. The van der Waals surface area contributed by atoms with Gasteiger partial charge in [-0.05, 0) is 60.7 Å². The highest BCUT2D eigenvalue weighted by molar-refractivity contribution is 7.92. The van der Waals surface area contributed by atoms with Gasteiger partial charge in [0.25, 0.3) is 10.0 Å². The Hall–Kier alpha value is -2.22. The van der Waals surface area contributed by atoms with Crippen molar-refractivity contribution in [3.8, 4) is 0 Å². The molecular formula is C22H23FN2O2S2. The molecule has 0 saturated carbocycles. The third-order valence-corrected chi connectivity index (χ3v) is 7.99. The van der Waals surface area contributed by atoms with Crippen molar-refractivity contribution in [2.45, 2.75) is 30.3 Å². The molecule has 2 aromatic carbocycles. The molecule has 0 atom stereocenters. The fourth-order valence-electron chi connectivity index (χ4n) is 3.78. The lowest BCUT2D eigenvalue weighted by molar-refractivity contribution is 0.208. The molecule has 0 amide bonds.